The van der Waals surface area contributed by atoms with Crippen LogP contribution in [-0.4, -0.2) is 53.9 Å². The number of nitrogens with one attached hydrogen (secondary N) is 2. The molecule has 2 amide bonds. The molecule has 2 fully saturated rings. The highest BCUT2D eigenvalue weighted by atomic mass is 32.2. The summed E-state index contributed by atoms with van der Waals surface area (Å²) in [5, 5.41) is 14.8. The highest BCUT2D eigenvalue weighted by Crippen LogP contribution is 2.42. The zero-order valence-electron chi connectivity index (χ0n) is 11.9. The molecule has 0 aromatic carbocycles. The van der Waals surface area contributed by atoms with Crippen LogP contribution >= 0.6 is 11.8 Å². The summed E-state index contributed by atoms with van der Waals surface area (Å²) < 4.78 is 5.37. The highest BCUT2D eigenvalue weighted by Gasteiger charge is 2.47. The largest absolute Gasteiger partial charge is 0.481 e. The summed E-state index contributed by atoms with van der Waals surface area (Å²) in [6, 6.07) is -0.806. The molecular weight excluding hydrogens is 280 g/mol. The summed E-state index contributed by atoms with van der Waals surface area (Å²) in [6.07, 6.45) is 5.50. The number of aliphatic carboxylic acids is 1. The summed E-state index contributed by atoms with van der Waals surface area (Å²) in [5.41, 5.74) is -1.05. The van der Waals surface area contributed by atoms with Gasteiger partial charge in [0.15, 0.2) is 0 Å². The first-order chi connectivity index (χ1) is 9.42. The molecule has 1 aliphatic carbocycles. The summed E-state index contributed by atoms with van der Waals surface area (Å²) in [5.74, 6) is -0.945. The Morgan fingerprint density at radius 1 is 1.45 bits per heavy atom. The first-order valence-corrected chi connectivity index (χ1v) is 8.05. The highest BCUT2D eigenvalue weighted by molar-refractivity contribution is 8.00. The Morgan fingerprint density at radius 2 is 2.15 bits per heavy atom. The number of carbonyl (C=O) groups excluding carboxylic acids is 1. The van der Waals surface area contributed by atoms with Crippen molar-refractivity contribution in [2.45, 2.75) is 37.0 Å². The second kappa shape index (κ2) is 5.81. The van der Waals surface area contributed by atoms with Crippen LogP contribution in [0, 0.1) is 5.41 Å². The van der Waals surface area contributed by atoms with E-state index in [1.54, 1.807) is 18.7 Å². The van der Waals surface area contributed by atoms with Crippen molar-refractivity contribution in [2.75, 3.05) is 26.0 Å². The van der Waals surface area contributed by atoms with Gasteiger partial charge in [0.1, 0.15) is 5.41 Å². The Labute approximate surface area is 123 Å². The van der Waals surface area contributed by atoms with E-state index in [1.807, 2.05) is 0 Å². The Balaban J connectivity index is 1.84. The summed E-state index contributed by atoms with van der Waals surface area (Å²) >= 11 is 1.79. The average Bonchev–Trinajstić information content (AvgIpc) is 2.71. The van der Waals surface area contributed by atoms with Gasteiger partial charge < -0.3 is 20.5 Å². The number of carbonyl (C=O) groups is 2. The third-order valence-corrected chi connectivity index (χ3v) is 5.94. The van der Waals surface area contributed by atoms with Gasteiger partial charge in [-0.05, 0) is 26.0 Å². The molecule has 1 aliphatic heterocycles. The monoisotopic (exact) mass is 302 g/mol. The van der Waals surface area contributed by atoms with Crippen molar-refractivity contribution in [2.24, 2.45) is 5.41 Å². The topological polar surface area (TPSA) is 87.7 Å². The van der Waals surface area contributed by atoms with Crippen molar-refractivity contribution >= 4 is 23.8 Å². The minimum atomic E-state index is -1.05. The number of carboxylic acids is 1. The third-order valence-electron chi connectivity index (χ3n) is 4.52. The van der Waals surface area contributed by atoms with Crippen molar-refractivity contribution in [1.82, 2.24) is 10.6 Å². The summed E-state index contributed by atoms with van der Waals surface area (Å²) in [7, 11) is 0. The standard InChI is InChI=1S/C13H22N2O4S/c1-12(10(16)17)8-19-6-9(12)15-11(18)14-7-13(20-2)4-3-5-13/h9H,3-8H2,1-2H3,(H,16,17)(H2,14,15,18). The molecule has 0 spiro atoms. The van der Waals surface area contributed by atoms with Gasteiger partial charge in [0.2, 0.25) is 0 Å². The van der Waals surface area contributed by atoms with Crippen molar-refractivity contribution in [3.63, 3.8) is 0 Å². The molecule has 3 N–H and O–H groups in total. The van der Waals surface area contributed by atoms with E-state index in [9.17, 15) is 14.7 Å². The molecular formula is C13H22N2O4S. The van der Waals surface area contributed by atoms with E-state index in [4.69, 9.17) is 4.74 Å². The quantitative estimate of drug-likeness (QED) is 0.707. The lowest BCUT2D eigenvalue weighted by molar-refractivity contribution is -0.148. The number of amides is 2. The van der Waals surface area contributed by atoms with E-state index in [-0.39, 0.29) is 24.0 Å². The van der Waals surface area contributed by atoms with Crippen LogP contribution in [0.25, 0.3) is 0 Å². The van der Waals surface area contributed by atoms with Crippen LogP contribution in [-0.2, 0) is 9.53 Å². The van der Waals surface area contributed by atoms with Gasteiger partial charge in [-0.1, -0.05) is 6.42 Å². The van der Waals surface area contributed by atoms with Gasteiger partial charge in [0.05, 0.1) is 19.3 Å². The van der Waals surface area contributed by atoms with E-state index in [0.29, 0.717) is 6.54 Å². The number of hydrogen-bond donors (Lipinski definition) is 3. The Hall–Kier alpha value is -0.950. The molecule has 1 saturated heterocycles. The maximum absolute atomic E-state index is 11.9. The maximum atomic E-state index is 11.9. The Morgan fingerprint density at radius 3 is 2.65 bits per heavy atom. The van der Waals surface area contributed by atoms with E-state index in [2.05, 4.69) is 16.9 Å². The molecule has 0 bridgehead atoms. The van der Waals surface area contributed by atoms with Crippen LogP contribution in [0.15, 0.2) is 0 Å². The fourth-order valence-corrected chi connectivity index (χ4v) is 3.47. The smallest absolute Gasteiger partial charge is 0.315 e. The van der Waals surface area contributed by atoms with E-state index < -0.39 is 17.4 Å². The first-order valence-electron chi connectivity index (χ1n) is 6.82. The van der Waals surface area contributed by atoms with Crippen LogP contribution in [0.2, 0.25) is 0 Å². The molecule has 2 aliphatic rings. The molecule has 0 aromatic heterocycles. The molecule has 6 nitrogen and oxygen atoms in total. The lowest BCUT2D eigenvalue weighted by Crippen LogP contribution is -2.54. The fraction of sp³-hybridized carbons (Fsp3) is 0.846. The number of urea groups is 1. The minimum Gasteiger partial charge on any atom is -0.481 e. The van der Waals surface area contributed by atoms with Gasteiger partial charge in [-0.2, -0.15) is 11.8 Å². The van der Waals surface area contributed by atoms with Gasteiger partial charge in [-0.25, -0.2) is 4.79 Å². The van der Waals surface area contributed by atoms with E-state index >= 15 is 0 Å². The van der Waals surface area contributed by atoms with Crippen LogP contribution in [0.4, 0.5) is 4.79 Å². The minimum absolute atomic E-state index is 0.127. The second-order valence-corrected chi connectivity index (χ2v) is 7.13. The molecule has 114 valence electrons. The predicted octanol–water partition coefficient (Wildman–Crippen LogP) is 1.06. The maximum Gasteiger partial charge on any atom is 0.315 e. The molecule has 2 unspecified atom stereocenters. The molecule has 2 atom stereocenters. The normalized spacial score (nSPS) is 31.4. The number of hydrogen-bond acceptors (Lipinski definition) is 4. The zero-order chi connectivity index (χ0) is 14.8. The van der Waals surface area contributed by atoms with Crippen LogP contribution in [0.1, 0.15) is 26.2 Å². The van der Waals surface area contributed by atoms with Gasteiger partial charge in [-0.3, -0.25) is 4.79 Å². The SMILES string of the molecule is CSC1(CNC(=O)NC2COCC2(C)C(=O)O)CCC1. The lowest BCUT2D eigenvalue weighted by Gasteiger charge is -2.40. The first kappa shape index (κ1) is 15.4. The lowest BCUT2D eigenvalue weighted by atomic mass is 9.84. The third kappa shape index (κ3) is 2.88. The van der Waals surface area contributed by atoms with Crippen molar-refractivity contribution in [3.8, 4) is 0 Å². The Kier molecular flexibility index (Phi) is 4.49. The number of rotatable bonds is 5. The van der Waals surface area contributed by atoms with Gasteiger partial charge in [-0.15, -0.1) is 0 Å². The van der Waals surface area contributed by atoms with Gasteiger partial charge in [0, 0.05) is 11.3 Å². The van der Waals surface area contributed by atoms with E-state index in [1.165, 1.54) is 6.42 Å². The van der Waals surface area contributed by atoms with Crippen LogP contribution < -0.4 is 10.6 Å². The number of thioether (sulfide) groups is 1. The molecule has 7 heteroatoms. The summed E-state index contributed by atoms with van der Waals surface area (Å²) in [4.78, 5) is 23.2. The molecule has 20 heavy (non-hydrogen) atoms. The zero-order valence-corrected chi connectivity index (χ0v) is 12.7. The molecule has 0 radical (unpaired) electrons. The van der Waals surface area contributed by atoms with Crippen LogP contribution in [0.5, 0.6) is 0 Å². The Bertz CT molecular complexity index is 394. The molecule has 1 heterocycles. The average molecular weight is 302 g/mol. The van der Waals surface area contributed by atoms with Crippen molar-refractivity contribution in [1.29, 1.82) is 0 Å². The molecule has 2 rings (SSSR count). The van der Waals surface area contributed by atoms with Crippen molar-refractivity contribution < 1.29 is 19.4 Å². The predicted molar refractivity (Wildman–Crippen MR) is 77.0 cm³/mol. The van der Waals surface area contributed by atoms with Crippen molar-refractivity contribution in [3.05, 3.63) is 0 Å². The summed E-state index contributed by atoms with van der Waals surface area (Å²) in [6.45, 7) is 2.59. The molecule has 1 saturated carbocycles. The van der Waals surface area contributed by atoms with E-state index in [0.717, 1.165) is 12.8 Å². The van der Waals surface area contributed by atoms with Gasteiger partial charge >= 0.3 is 12.0 Å². The van der Waals surface area contributed by atoms with Crippen LogP contribution in [0.3, 0.4) is 0 Å². The van der Waals surface area contributed by atoms with Gasteiger partial charge in [0.25, 0.3) is 0 Å². The number of ether oxygens (including phenoxy) is 1. The second-order valence-electron chi connectivity index (χ2n) is 5.86. The number of carboxylic acid groups (broad SMARTS) is 1. The fourth-order valence-electron chi connectivity index (χ4n) is 2.56. The molecule has 0 aromatic rings.